The summed E-state index contributed by atoms with van der Waals surface area (Å²) >= 11 is 0. The third-order valence-corrected chi connectivity index (χ3v) is 4.52. The molecule has 0 aromatic rings. The Balaban J connectivity index is 2.24. The van der Waals surface area contributed by atoms with Gasteiger partial charge in [-0.05, 0) is 27.7 Å². The molecule has 0 saturated carbocycles. The van der Waals surface area contributed by atoms with Crippen LogP contribution in [0.15, 0.2) is 11.9 Å². The van der Waals surface area contributed by atoms with Gasteiger partial charge in [0.15, 0.2) is 6.23 Å². The van der Waals surface area contributed by atoms with Crippen LogP contribution in [-0.2, 0) is 24.0 Å². The maximum atomic E-state index is 12.4. The molecule has 0 bridgehead atoms. The molecule has 3 rings (SSSR count). The van der Waals surface area contributed by atoms with Crippen molar-refractivity contribution >= 4 is 11.9 Å². The van der Waals surface area contributed by atoms with E-state index in [1.807, 2.05) is 0 Å². The number of ether oxygens (including phenoxy) is 2. The Kier molecular flexibility index (Phi) is 3.20. The van der Waals surface area contributed by atoms with Gasteiger partial charge in [0.05, 0.1) is 11.1 Å². The van der Waals surface area contributed by atoms with Crippen molar-refractivity contribution in [2.24, 2.45) is 0 Å². The molecule has 3 heterocycles. The van der Waals surface area contributed by atoms with Crippen molar-refractivity contribution in [3.63, 3.8) is 0 Å². The van der Waals surface area contributed by atoms with Crippen LogP contribution in [0.1, 0.15) is 27.7 Å². The van der Waals surface area contributed by atoms with Crippen molar-refractivity contribution in [1.29, 1.82) is 0 Å². The molecule has 2 saturated heterocycles. The number of cyclic esters (lactones) is 2. The Labute approximate surface area is 132 Å². The Hall–Kier alpha value is -1.84. The fraction of sp³-hybridized carbons (Fsp3) is 0.714. The molecule has 2 N–H and O–H groups in total. The van der Waals surface area contributed by atoms with E-state index < -0.39 is 35.0 Å². The predicted octanol–water partition coefficient (Wildman–Crippen LogP) is -0.379. The molecule has 0 spiro atoms. The highest BCUT2D eigenvalue weighted by Gasteiger charge is 2.67. The summed E-state index contributed by atoms with van der Waals surface area (Å²) in [6, 6.07) is 0. The molecule has 0 aromatic carbocycles. The van der Waals surface area contributed by atoms with Crippen molar-refractivity contribution in [1.82, 2.24) is 9.80 Å². The summed E-state index contributed by atoms with van der Waals surface area (Å²) < 4.78 is 10.3. The molecule has 0 radical (unpaired) electrons. The zero-order chi connectivity index (χ0) is 17.2. The zero-order valence-electron chi connectivity index (χ0n) is 13.4. The van der Waals surface area contributed by atoms with Crippen molar-refractivity contribution in [2.75, 3.05) is 13.2 Å². The molecular weight excluding hydrogens is 308 g/mol. The number of hydrogen-bond donors (Lipinski definition) is 2. The molecule has 23 heavy (non-hydrogen) atoms. The van der Waals surface area contributed by atoms with E-state index in [1.165, 1.54) is 16.0 Å². The average molecular weight is 328 g/mol. The van der Waals surface area contributed by atoms with Crippen molar-refractivity contribution in [3.05, 3.63) is 11.9 Å². The maximum absolute atomic E-state index is 12.4. The summed E-state index contributed by atoms with van der Waals surface area (Å²) in [5.41, 5.74) is -3.72. The monoisotopic (exact) mass is 328 g/mol. The number of morpholine rings is 2. The third kappa shape index (κ3) is 1.90. The van der Waals surface area contributed by atoms with E-state index in [1.54, 1.807) is 27.7 Å². The molecule has 128 valence electrons. The van der Waals surface area contributed by atoms with Crippen LogP contribution < -0.4 is 0 Å². The number of hydrogen-bond acceptors (Lipinski definition) is 9. The number of aliphatic hydroxyl groups excluding tert-OH is 1. The molecule has 0 amide bonds. The minimum Gasteiger partial charge on any atom is -0.459 e. The first-order valence-electron chi connectivity index (χ1n) is 7.23. The second kappa shape index (κ2) is 4.59. The molecule has 0 unspecified atom stereocenters. The van der Waals surface area contributed by atoms with E-state index in [2.05, 4.69) is 4.89 Å². The second-order valence-corrected chi connectivity index (χ2v) is 7.19. The van der Waals surface area contributed by atoms with Gasteiger partial charge in [0.1, 0.15) is 18.9 Å². The first-order chi connectivity index (χ1) is 10.6. The quantitative estimate of drug-likeness (QED) is 0.378. The Morgan fingerprint density at radius 3 is 2.39 bits per heavy atom. The summed E-state index contributed by atoms with van der Waals surface area (Å²) in [6.45, 7) is 6.94. The minimum absolute atomic E-state index is 0.00584. The Morgan fingerprint density at radius 2 is 1.78 bits per heavy atom. The van der Waals surface area contributed by atoms with Crippen LogP contribution in [-0.4, -0.2) is 68.3 Å². The lowest BCUT2D eigenvalue weighted by molar-refractivity contribution is -0.407. The number of carbonyl (C=O) groups excluding carboxylic acids is 2. The number of nitrogens with zero attached hydrogens (tertiary/aromatic N) is 2. The molecule has 2 fully saturated rings. The van der Waals surface area contributed by atoms with E-state index in [4.69, 9.17) is 9.47 Å². The third-order valence-electron chi connectivity index (χ3n) is 4.52. The van der Waals surface area contributed by atoms with Gasteiger partial charge < -0.3 is 24.4 Å². The van der Waals surface area contributed by atoms with E-state index in [0.29, 0.717) is 0 Å². The SMILES string of the molecule is CC1(C)COC(=O)C2=CN3C(C)(C)COC(=O)[C@@]3(OO)[C@@H](O)N21. The number of rotatable bonds is 1. The van der Waals surface area contributed by atoms with Crippen molar-refractivity contribution < 1.29 is 34.3 Å². The van der Waals surface area contributed by atoms with Gasteiger partial charge in [-0.1, -0.05) is 0 Å². The van der Waals surface area contributed by atoms with Crippen molar-refractivity contribution in [2.45, 2.75) is 50.7 Å². The highest BCUT2D eigenvalue weighted by Crippen LogP contribution is 2.44. The van der Waals surface area contributed by atoms with Crippen LogP contribution in [0.4, 0.5) is 0 Å². The van der Waals surface area contributed by atoms with Crippen LogP contribution in [0, 0.1) is 0 Å². The van der Waals surface area contributed by atoms with Crippen LogP contribution >= 0.6 is 0 Å². The molecule has 9 nitrogen and oxygen atoms in total. The highest BCUT2D eigenvalue weighted by molar-refractivity contribution is 5.90. The van der Waals surface area contributed by atoms with Crippen LogP contribution in [0.3, 0.4) is 0 Å². The normalized spacial score (nSPS) is 34.9. The first-order valence-corrected chi connectivity index (χ1v) is 7.23. The van der Waals surface area contributed by atoms with Gasteiger partial charge in [-0.25, -0.2) is 14.8 Å². The molecule has 3 aliphatic heterocycles. The first kappa shape index (κ1) is 16.0. The van der Waals surface area contributed by atoms with E-state index in [9.17, 15) is 20.0 Å². The van der Waals surface area contributed by atoms with E-state index in [-0.39, 0.29) is 18.9 Å². The topological polar surface area (TPSA) is 109 Å². The van der Waals surface area contributed by atoms with Gasteiger partial charge in [0.2, 0.25) is 0 Å². The fourth-order valence-electron chi connectivity index (χ4n) is 3.28. The fourth-order valence-corrected chi connectivity index (χ4v) is 3.28. The lowest BCUT2D eigenvalue weighted by Gasteiger charge is -2.60. The second-order valence-electron chi connectivity index (χ2n) is 7.19. The number of carbonyl (C=O) groups is 2. The molecule has 3 aliphatic rings. The Morgan fingerprint density at radius 1 is 1.17 bits per heavy atom. The molecule has 0 aliphatic carbocycles. The number of aliphatic hydroxyl groups is 1. The van der Waals surface area contributed by atoms with Gasteiger partial charge in [-0.15, -0.1) is 0 Å². The Bertz CT molecular complexity index is 600. The summed E-state index contributed by atoms with van der Waals surface area (Å²) in [5, 5.41) is 20.4. The summed E-state index contributed by atoms with van der Waals surface area (Å²) in [4.78, 5) is 31.6. The van der Waals surface area contributed by atoms with E-state index >= 15 is 0 Å². The summed E-state index contributed by atoms with van der Waals surface area (Å²) in [6.07, 6.45) is -0.297. The van der Waals surface area contributed by atoms with Crippen LogP contribution in [0.2, 0.25) is 0 Å². The minimum atomic E-state index is -2.18. The van der Waals surface area contributed by atoms with Gasteiger partial charge in [-0.2, -0.15) is 4.89 Å². The lowest BCUT2D eigenvalue weighted by atomic mass is 9.89. The maximum Gasteiger partial charge on any atom is 0.368 e. The summed E-state index contributed by atoms with van der Waals surface area (Å²) in [7, 11) is 0. The molecular formula is C14H20N2O7. The molecule has 2 atom stereocenters. The van der Waals surface area contributed by atoms with Gasteiger partial charge in [0.25, 0.3) is 0 Å². The van der Waals surface area contributed by atoms with Gasteiger partial charge in [0, 0.05) is 6.20 Å². The highest BCUT2D eigenvalue weighted by atomic mass is 17.1. The van der Waals surface area contributed by atoms with E-state index in [0.717, 1.165) is 0 Å². The predicted molar refractivity (Wildman–Crippen MR) is 74.3 cm³/mol. The number of fused-ring (bicyclic) bond motifs is 2. The molecule has 9 heteroatoms. The molecule has 0 aromatic heterocycles. The van der Waals surface area contributed by atoms with Crippen molar-refractivity contribution in [3.8, 4) is 0 Å². The lowest BCUT2D eigenvalue weighted by Crippen LogP contribution is -2.79. The standard InChI is InChI=1S/C14H20N2O7/c1-12(2)6-22-11(19)14(23-20)10(18)16-8(5-15(12)14)9(17)21-7-13(16,3)4/h5,10,18,20H,6-7H2,1-4H3/t10-,14+/m1/s1. The van der Waals surface area contributed by atoms with Crippen LogP contribution in [0.5, 0.6) is 0 Å². The average Bonchev–Trinajstić information content (AvgIpc) is 2.47. The van der Waals surface area contributed by atoms with Gasteiger partial charge >= 0.3 is 17.7 Å². The smallest absolute Gasteiger partial charge is 0.368 e. The largest absolute Gasteiger partial charge is 0.459 e. The number of esters is 2. The van der Waals surface area contributed by atoms with Crippen LogP contribution in [0.25, 0.3) is 0 Å². The summed E-state index contributed by atoms with van der Waals surface area (Å²) in [5.74, 6) is -1.55. The van der Waals surface area contributed by atoms with Gasteiger partial charge in [-0.3, -0.25) is 0 Å². The zero-order valence-corrected chi connectivity index (χ0v) is 13.4.